The van der Waals surface area contributed by atoms with Crippen molar-refractivity contribution in [2.45, 2.75) is 25.6 Å². The molecule has 2 aromatic rings. The van der Waals surface area contributed by atoms with Crippen LogP contribution in [-0.2, 0) is 21.3 Å². The second kappa shape index (κ2) is 8.50. The van der Waals surface area contributed by atoms with Crippen LogP contribution in [0.15, 0.2) is 40.9 Å². The topological polar surface area (TPSA) is 35.5 Å². The highest BCUT2D eigenvalue weighted by atomic mass is 79.9. The van der Waals surface area contributed by atoms with Gasteiger partial charge in [-0.1, -0.05) is 37.9 Å². The summed E-state index contributed by atoms with van der Waals surface area (Å²) >= 11 is 6.93. The Labute approximate surface area is 153 Å². The van der Waals surface area contributed by atoms with Gasteiger partial charge in [0.2, 0.25) is 0 Å². The zero-order valence-corrected chi connectivity index (χ0v) is 16.2. The highest BCUT2D eigenvalue weighted by Crippen LogP contribution is 2.30. The Bertz CT molecular complexity index is 699. The molecule has 2 rings (SSSR count). The van der Waals surface area contributed by atoms with Crippen LogP contribution in [-0.4, -0.2) is 12.6 Å². The average Bonchev–Trinajstić information content (AvgIpc) is 2.52. The van der Waals surface area contributed by atoms with Crippen molar-refractivity contribution in [1.82, 2.24) is 0 Å². The van der Waals surface area contributed by atoms with Gasteiger partial charge in [0.25, 0.3) is 0 Å². The number of aryl methyl sites for hydroxylation is 1. The lowest BCUT2D eigenvalue weighted by molar-refractivity contribution is -0.142. The van der Waals surface area contributed by atoms with Gasteiger partial charge in [-0.3, -0.25) is 4.79 Å². The van der Waals surface area contributed by atoms with Crippen molar-refractivity contribution in [3.05, 3.63) is 57.6 Å². The first kappa shape index (κ1) is 18.0. The van der Waals surface area contributed by atoms with Crippen molar-refractivity contribution in [3.63, 3.8) is 0 Å². The minimum absolute atomic E-state index is 0.225. The second-order valence-corrected chi connectivity index (χ2v) is 6.53. The Kier molecular flexibility index (Phi) is 6.66. The largest absolute Gasteiger partial charge is 0.466 e. The van der Waals surface area contributed by atoms with Crippen molar-refractivity contribution < 1.29 is 14.3 Å². The van der Waals surface area contributed by atoms with Gasteiger partial charge in [-0.05, 0) is 55.3 Å². The van der Waals surface area contributed by atoms with Gasteiger partial charge in [-0.2, -0.15) is 0 Å². The maximum absolute atomic E-state index is 11.7. The second-order valence-electron chi connectivity index (χ2n) is 5.06. The van der Waals surface area contributed by atoms with Gasteiger partial charge in [-0.15, -0.1) is 0 Å². The van der Waals surface area contributed by atoms with Gasteiger partial charge in [-0.25, -0.2) is 0 Å². The highest BCUT2D eigenvalue weighted by Gasteiger charge is 2.10. The fourth-order valence-corrected chi connectivity index (χ4v) is 2.99. The van der Waals surface area contributed by atoms with Gasteiger partial charge in [0.15, 0.2) is 0 Å². The Balaban J connectivity index is 2.22. The molecule has 0 aromatic heterocycles. The fraction of sp³-hybridized carbons (Fsp3) is 0.278. The molecule has 0 radical (unpaired) electrons. The van der Waals surface area contributed by atoms with Gasteiger partial charge in [0, 0.05) is 15.4 Å². The summed E-state index contributed by atoms with van der Waals surface area (Å²) in [6.45, 7) is 4.17. The van der Waals surface area contributed by atoms with Crippen LogP contribution >= 0.6 is 31.9 Å². The van der Waals surface area contributed by atoms with Crippen LogP contribution in [0.4, 0.5) is 0 Å². The molecule has 0 atom stereocenters. The van der Waals surface area contributed by atoms with E-state index in [2.05, 4.69) is 31.9 Å². The zero-order valence-electron chi connectivity index (χ0n) is 13.1. The molecule has 0 saturated heterocycles. The Morgan fingerprint density at radius 3 is 2.61 bits per heavy atom. The van der Waals surface area contributed by atoms with Crippen LogP contribution in [0.25, 0.3) is 0 Å². The van der Waals surface area contributed by atoms with E-state index in [0.29, 0.717) is 17.7 Å². The molecule has 3 nitrogen and oxygen atoms in total. The summed E-state index contributed by atoms with van der Waals surface area (Å²) in [5, 5.41) is 0.698. The highest BCUT2D eigenvalue weighted by molar-refractivity contribution is 9.10. The minimum atomic E-state index is -0.225. The number of rotatable bonds is 6. The summed E-state index contributed by atoms with van der Waals surface area (Å²) < 4.78 is 12.0. The molecule has 0 aliphatic heterocycles. The third kappa shape index (κ3) is 5.08. The first-order chi connectivity index (χ1) is 11.0. The normalized spacial score (nSPS) is 10.4. The Hall–Kier alpha value is -1.33. The molecule has 122 valence electrons. The first-order valence-corrected chi connectivity index (χ1v) is 9.22. The maximum Gasteiger partial charge on any atom is 0.310 e. The molecule has 0 heterocycles. The van der Waals surface area contributed by atoms with Gasteiger partial charge in [0.1, 0.15) is 11.5 Å². The van der Waals surface area contributed by atoms with Gasteiger partial charge < -0.3 is 9.47 Å². The standard InChI is InChI=1S/C18H18Br2O3/c1-3-22-18(21)10-13-9-16(6-4-12(13)2)23-17-7-5-15(20)8-14(17)11-19/h4-9H,3,10-11H2,1-2H3. The van der Waals surface area contributed by atoms with Gasteiger partial charge >= 0.3 is 5.97 Å². The van der Waals surface area contributed by atoms with E-state index in [9.17, 15) is 4.79 Å². The number of hydrogen-bond donors (Lipinski definition) is 0. The summed E-state index contributed by atoms with van der Waals surface area (Å²) in [5.41, 5.74) is 3.01. The molecule has 2 aromatic carbocycles. The van der Waals surface area contributed by atoms with Crippen LogP contribution in [0.5, 0.6) is 11.5 Å². The van der Waals surface area contributed by atoms with Crippen molar-refractivity contribution in [3.8, 4) is 11.5 Å². The molecule has 0 fully saturated rings. The molecule has 5 heteroatoms. The molecule has 0 unspecified atom stereocenters. The van der Waals surface area contributed by atoms with Crippen molar-refractivity contribution in [2.75, 3.05) is 6.61 Å². The number of benzene rings is 2. The number of halogens is 2. The SMILES string of the molecule is CCOC(=O)Cc1cc(Oc2ccc(Br)cc2CBr)ccc1C. The third-order valence-electron chi connectivity index (χ3n) is 3.36. The predicted octanol–water partition coefficient (Wildman–Crippen LogP) is 5.55. The summed E-state index contributed by atoms with van der Waals surface area (Å²) in [6.07, 6.45) is 0.252. The Morgan fingerprint density at radius 2 is 1.91 bits per heavy atom. The molecular weight excluding hydrogens is 424 g/mol. The van der Waals surface area contributed by atoms with Crippen LogP contribution < -0.4 is 4.74 Å². The van der Waals surface area contributed by atoms with Crippen LogP contribution in [0.1, 0.15) is 23.6 Å². The summed E-state index contributed by atoms with van der Waals surface area (Å²) in [7, 11) is 0. The molecular formula is C18H18Br2O3. The van der Waals surface area contributed by atoms with E-state index in [-0.39, 0.29) is 12.4 Å². The summed E-state index contributed by atoms with van der Waals surface area (Å²) in [5.74, 6) is 1.27. The maximum atomic E-state index is 11.7. The minimum Gasteiger partial charge on any atom is -0.466 e. The number of hydrogen-bond acceptors (Lipinski definition) is 3. The molecule has 0 saturated carbocycles. The quantitative estimate of drug-likeness (QED) is 0.435. The number of alkyl halides is 1. The smallest absolute Gasteiger partial charge is 0.310 e. The number of esters is 1. The Morgan fingerprint density at radius 1 is 1.13 bits per heavy atom. The predicted molar refractivity (Wildman–Crippen MR) is 98.4 cm³/mol. The molecule has 0 aliphatic rings. The van der Waals surface area contributed by atoms with E-state index in [1.165, 1.54) is 0 Å². The van der Waals surface area contributed by atoms with Gasteiger partial charge in [0.05, 0.1) is 13.0 Å². The number of carbonyl (C=O) groups is 1. The van der Waals surface area contributed by atoms with E-state index in [4.69, 9.17) is 9.47 Å². The van der Waals surface area contributed by atoms with Crippen molar-refractivity contribution >= 4 is 37.8 Å². The number of ether oxygens (including phenoxy) is 2. The van der Waals surface area contributed by atoms with Crippen LogP contribution in [0, 0.1) is 6.92 Å². The summed E-state index contributed by atoms with van der Waals surface area (Å²) in [4.78, 5) is 11.7. The van der Waals surface area contributed by atoms with Crippen molar-refractivity contribution in [2.24, 2.45) is 0 Å². The molecule has 0 bridgehead atoms. The van der Waals surface area contributed by atoms with Crippen LogP contribution in [0.2, 0.25) is 0 Å². The molecule has 23 heavy (non-hydrogen) atoms. The number of carbonyl (C=O) groups excluding carboxylic acids is 1. The third-order valence-corrected chi connectivity index (χ3v) is 4.45. The van der Waals surface area contributed by atoms with E-state index >= 15 is 0 Å². The average molecular weight is 442 g/mol. The molecule has 0 amide bonds. The lowest BCUT2D eigenvalue weighted by atomic mass is 10.1. The van der Waals surface area contributed by atoms with Crippen LogP contribution in [0.3, 0.4) is 0 Å². The molecule has 0 N–H and O–H groups in total. The monoisotopic (exact) mass is 440 g/mol. The summed E-state index contributed by atoms with van der Waals surface area (Å²) in [6, 6.07) is 11.6. The van der Waals surface area contributed by atoms with Crippen molar-refractivity contribution in [1.29, 1.82) is 0 Å². The van der Waals surface area contributed by atoms with E-state index in [0.717, 1.165) is 26.9 Å². The molecule has 0 spiro atoms. The van der Waals surface area contributed by atoms with E-state index < -0.39 is 0 Å². The zero-order chi connectivity index (χ0) is 16.8. The lowest BCUT2D eigenvalue weighted by Gasteiger charge is -2.12. The fourth-order valence-electron chi connectivity index (χ4n) is 2.15. The van der Waals surface area contributed by atoms with E-state index in [1.807, 2.05) is 43.3 Å². The lowest BCUT2D eigenvalue weighted by Crippen LogP contribution is -2.08. The molecule has 0 aliphatic carbocycles. The van der Waals surface area contributed by atoms with E-state index in [1.54, 1.807) is 6.92 Å². The first-order valence-electron chi connectivity index (χ1n) is 7.31.